The van der Waals surface area contributed by atoms with Crippen molar-refractivity contribution in [1.82, 2.24) is 0 Å². The molecule has 1 atom stereocenters. The number of halogens is 3. The third kappa shape index (κ3) is 4.11. The molecule has 21 heavy (non-hydrogen) atoms. The average Bonchev–Trinajstić information content (AvgIpc) is 2.46. The number of nitrogens with two attached hydrogens (primary N) is 1. The highest BCUT2D eigenvalue weighted by Gasteiger charge is 2.36. The van der Waals surface area contributed by atoms with E-state index in [0.717, 1.165) is 17.7 Å². The maximum absolute atomic E-state index is 12.0. The molecule has 0 saturated carbocycles. The highest BCUT2D eigenvalue weighted by atomic mass is 19.4. The van der Waals surface area contributed by atoms with Crippen molar-refractivity contribution < 1.29 is 22.6 Å². The van der Waals surface area contributed by atoms with Gasteiger partial charge in [-0.15, -0.1) is 0 Å². The van der Waals surface area contributed by atoms with Gasteiger partial charge in [-0.2, -0.15) is 13.2 Å². The largest absolute Gasteiger partial charge is 0.493 e. The van der Waals surface area contributed by atoms with Gasteiger partial charge in [-0.1, -0.05) is 18.2 Å². The van der Waals surface area contributed by atoms with Gasteiger partial charge in [-0.25, -0.2) is 0 Å². The highest BCUT2D eigenvalue weighted by Crippen LogP contribution is 2.41. The predicted molar refractivity (Wildman–Crippen MR) is 73.4 cm³/mol. The molecule has 1 aromatic rings. The van der Waals surface area contributed by atoms with Gasteiger partial charge < -0.3 is 15.2 Å². The molecule has 3 nitrogen and oxygen atoms in total. The van der Waals surface area contributed by atoms with Crippen molar-refractivity contribution in [3.63, 3.8) is 0 Å². The van der Waals surface area contributed by atoms with Crippen molar-refractivity contribution in [1.29, 1.82) is 0 Å². The summed E-state index contributed by atoms with van der Waals surface area (Å²) in [5.41, 5.74) is 6.79. The first-order valence-corrected chi connectivity index (χ1v) is 7.04. The van der Waals surface area contributed by atoms with E-state index in [1.807, 2.05) is 24.3 Å². The van der Waals surface area contributed by atoms with Gasteiger partial charge in [0.2, 0.25) is 0 Å². The summed E-state index contributed by atoms with van der Waals surface area (Å²) in [6.45, 7) is -0.0725. The van der Waals surface area contributed by atoms with E-state index in [2.05, 4.69) is 4.74 Å². The monoisotopic (exact) mass is 303 g/mol. The first-order valence-electron chi connectivity index (χ1n) is 7.04. The fraction of sp³-hybridized carbons (Fsp3) is 0.600. The number of ether oxygens (including phenoxy) is 2. The van der Waals surface area contributed by atoms with Crippen molar-refractivity contribution >= 4 is 0 Å². The van der Waals surface area contributed by atoms with Gasteiger partial charge >= 0.3 is 6.18 Å². The summed E-state index contributed by atoms with van der Waals surface area (Å²) >= 11 is 0. The van der Waals surface area contributed by atoms with Crippen LogP contribution in [0.3, 0.4) is 0 Å². The predicted octanol–water partition coefficient (Wildman–Crippen LogP) is 3.02. The van der Waals surface area contributed by atoms with Gasteiger partial charge in [-0.3, -0.25) is 0 Å². The molecule has 0 bridgehead atoms. The van der Waals surface area contributed by atoms with Crippen LogP contribution in [0.4, 0.5) is 13.2 Å². The van der Waals surface area contributed by atoms with Crippen molar-refractivity contribution in [2.24, 2.45) is 5.73 Å². The first-order chi connectivity index (χ1) is 9.97. The Balaban J connectivity index is 1.94. The third-order valence-electron chi connectivity index (χ3n) is 3.90. The number of benzene rings is 1. The lowest BCUT2D eigenvalue weighted by atomic mass is 9.73. The molecule has 1 aromatic carbocycles. The van der Waals surface area contributed by atoms with Crippen LogP contribution in [0.5, 0.6) is 5.75 Å². The summed E-state index contributed by atoms with van der Waals surface area (Å²) in [5, 5.41) is 0. The molecule has 0 aromatic heterocycles. The highest BCUT2D eigenvalue weighted by molar-refractivity contribution is 5.41. The fourth-order valence-electron chi connectivity index (χ4n) is 2.80. The number of hydrogen-bond acceptors (Lipinski definition) is 3. The second-order valence-electron chi connectivity index (χ2n) is 5.35. The van der Waals surface area contributed by atoms with Crippen LogP contribution in [-0.4, -0.2) is 32.5 Å². The minimum Gasteiger partial charge on any atom is -0.493 e. The van der Waals surface area contributed by atoms with Crippen LogP contribution >= 0.6 is 0 Å². The summed E-state index contributed by atoms with van der Waals surface area (Å²) in [5.74, 6) is 0.824. The Bertz CT molecular complexity index is 464. The van der Waals surface area contributed by atoms with Crippen molar-refractivity contribution in [3.8, 4) is 5.75 Å². The molecule has 0 radical (unpaired) electrons. The molecule has 0 aliphatic carbocycles. The van der Waals surface area contributed by atoms with Crippen LogP contribution in [0.15, 0.2) is 24.3 Å². The molecule has 118 valence electrons. The van der Waals surface area contributed by atoms with E-state index in [1.165, 1.54) is 0 Å². The zero-order chi connectivity index (χ0) is 15.3. The standard InChI is InChI=1S/C15H20F3NO2/c16-15(17,18)11-20-8-3-6-14(10-19)7-9-21-13-5-2-1-4-12(13)14/h1-2,4-5H,3,6-11,19H2. The molecule has 1 aliphatic heterocycles. The van der Waals surface area contributed by atoms with E-state index in [9.17, 15) is 13.2 Å². The normalized spacial score (nSPS) is 21.7. The van der Waals surface area contributed by atoms with E-state index < -0.39 is 12.8 Å². The number of para-hydroxylation sites is 1. The molecule has 2 N–H and O–H groups in total. The topological polar surface area (TPSA) is 44.5 Å². The van der Waals surface area contributed by atoms with Gasteiger partial charge in [0.1, 0.15) is 12.4 Å². The molecule has 1 heterocycles. The molecule has 6 heteroatoms. The summed E-state index contributed by atoms with van der Waals surface area (Å²) in [6, 6.07) is 7.72. The Morgan fingerprint density at radius 1 is 1.29 bits per heavy atom. The van der Waals surface area contributed by atoms with E-state index in [-0.39, 0.29) is 12.0 Å². The molecule has 2 rings (SSSR count). The molecular formula is C15H20F3NO2. The second-order valence-corrected chi connectivity index (χ2v) is 5.35. The van der Waals surface area contributed by atoms with Crippen LogP contribution in [0.25, 0.3) is 0 Å². The van der Waals surface area contributed by atoms with Crippen LogP contribution < -0.4 is 10.5 Å². The van der Waals surface area contributed by atoms with Gasteiger partial charge in [0.25, 0.3) is 0 Å². The number of alkyl halides is 3. The van der Waals surface area contributed by atoms with Crippen LogP contribution in [0, 0.1) is 0 Å². The van der Waals surface area contributed by atoms with Crippen LogP contribution in [-0.2, 0) is 10.2 Å². The van der Waals surface area contributed by atoms with E-state index in [1.54, 1.807) is 0 Å². The Morgan fingerprint density at radius 2 is 2.05 bits per heavy atom. The van der Waals surface area contributed by atoms with Gasteiger partial charge in [-0.05, 0) is 25.3 Å². The van der Waals surface area contributed by atoms with E-state index in [0.29, 0.717) is 26.0 Å². The summed E-state index contributed by atoms with van der Waals surface area (Å²) in [4.78, 5) is 0. The first kappa shape index (κ1) is 16.1. The van der Waals surface area contributed by atoms with E-state index in [4.69, 9.17) is 10.5 Å². The third-order valence-corrected chi connectivity index (χ3v) is 3.90. The Hall–Kier alpha value is -1.27. The SMILES string of the molecule is NCC1(CCCOCC(F)(F)F)CCOc2ccccc21. The second kappa shape index (κ2) is 6.66. The molecule has 0 amide bonds. The lowest BCUT2D eigenvalue weighted by molar-refractivity contribution is -0.174. The fourth-order valence-corrected chi connectivity index (χ4v) is 2.80. The maximum atomic E-state index is 12.0. The Morgan fingerprint density at radius 3 is 2.76 bits per heavy atom. The molecule has 1 aliphatic rings. The number of hydrogen-bond donors (Lipinski definition) is 1. The van der Waals surface area contributed by atoms with Crippen LogP contribution in [0.1, 0.15) is 24.8 Å². The van der Waals surface area contributed by atoms with Crippen molar-refractivity contribution in [2.45, 2.75) is 30.9 Å². The van der Waals surface area contributed by atoms with Gasteiger partial charge in [0.05, 0.1) is 6.61 Å². The lowest BCUT2D eigenvalue weighted by Crippen LogP contribution is -2.40. The Labute approximate surface area is 122 Å². The minimum atomic E-state index is -4.27. The maximum Gasteiger partial charge on any atom is 0.411 e. The number of fused-ring (bicyclic) bond motifs is 1. The molecule has 0 saturated heterocycles. The van der Waals surface area contributed by atoms with E-state index >= 15 is 0 Å². The zero-order valence-corrected chi connectivity index (χ0v) is 11.8. The molecule has 1 unspecified atom stereocenters. The molecular weight excluding hydrogens is 283 g/mol. The van der Waals surface area contributed by atoms with Gasteiger partial charge in [0.15, 0.2) is 0 Å². The number of rotatable bonds is 6. The van der Waals surface area contributed by atoms with Crippen molar-refractivity contribution in [2.75, 3.05) is 26.4 Å². The summed E-state index contributed by atoms with van der Waals surface area (Å²) < 4.78 is 46.3. The lowest BCUT2D eigenvalue weighted by Gasteiger charge is -2.38. The smallest absolute Gasteiger partial charge is 0.411 e. The zero-order valence-electron chi connectivity index (χ0n) is 11.8. The summed E-state index contributed by atoms with van der Waals surface area (Å²) in [7, 11) is 0. The minimum absolute atomic E-state index is 0.0876. The summed E-state index contributed by atoms with van der Waals surface area (Å²) in [6.07, 6.45) is -2.25. The molecule has 0 fully saturated rings. The average molecular weight is 303 g/mol. The van der Waals surface area contributed by atoms with Crippen molar-refractivity contribution in [3.05, 3.63) is 29.8 Å². The quantitative estimate of drug-likeness (QED) is 0.822. The Kier molecular flexibility index (Phi) is 5.11. The van der Waals surface area contributed by atoms with Gasteiger partial charge in [0, 0.05) is 24.1 Å². The molecule has 0 spiro atoms. The van der Waals surface area contributed by atoms with Crippen LogP contribution in [0.2, 0.25) is 0 Å².